The van der Waals surface area contributed by atoms with Gasteiger partial charge in [-0.05, 0) is 46.0 Å². The number of amides is 1. The Morgan fingerprint density at radius 2 is 1.92 bits per heavy atom. The van der Waals surface area contributed by atoms with Crippen LogP contribution in [0.3, 0.4) is 0 Å². The fourth-order valence-electron chi connectivity index (χ4n) is 2.84. The van der Waals surface area contributed by atoms with Gasteiger partial charge in [-0.2, -0.15) is 0 Å². The van der Waals surface area contributed by atoms with Crippen molar-refractivity contribution in [2.24, 2.45) is 11.8 Å². The second-order valence-corrected chi connectivity index (χ2v) is 7.75. The van der Waals surface area contributed by atoms with E-state index in [4.69, 9.17) is 9.47 Å². The monoisotopic (exact) mass is 341 g/mol. The van der Waals surface area contributed by atoms with Gasteiger partial charge in [-0.1, -0.05) is 20.3 Å². The molecule has 138 valence electrons. The lowest BCUT2D eigenvalue weighted by Gasteiger charge is -2.31. The Labute approximate surface area is 144 Å². The highest BCUT2D eigenvalue weighted by Crippen LogP contribution is 2.27. The quantitative estimate of drug-likeness (QED) is 0.567. The van der Waals surface area contributed by atoms with E-state index in [0.29, 0.717) is 6.42 Å². The molecular weight excluding hydrogens is 310 g/mol. The first-order valence-electron chi connectivity index (χ1n) is 8.72. The molecule has 1 rings (SSSR count). The van der Waals surface area contributed by atoms with E-state index in [1.165, 1.54) is 0 Å². The molecule has 6 heteroatoms. The molecule has 1 aliphatic rings. The number of hydrogen-bond acceptors (Lipinski definition) is 5. The second-order valence-electron chi connectivity index (χ2n) is 7.75. The van der Waals surface area contributed by atoms with Crippen LogP contribution in [0.25, 0.3) is 0 Å². The molecule has 3 atom stereocenters. The van der Waals surface area contributed by atoms with Gasteiger partial charge < -0.3 is 19.6 Å². The molecule has 24 heavy (non-hydrogen) atoms. The minimum absolute atomic E-state index is 0.0606. The third kappa shape index (κ3) is 6.99. The number of nitrogens with one attached hydrogen (secondary N) is 1. The number of esters is 1. The number of aldehydes is 1. The van der Waals surface area contributed by atoms with Gasteiger partial charge in [-0.15, -0.1) is 0 Å². The average molecular weight is 341 g/mol. The highest BCUT2D eigenvalue weighted by molar-refractivity contribution is 5.86. The Kier molecular flexibility index (Phi) is 7.87. The third-order valence-electron chi connectivity index (χ3n) is 4.02. The molecule has 0 spiro atoms. The van der Waals surface area contributed by atoms with Gasteiger partial charge in [0.1, 0.15) is 24.5 Å². The molecule has 1 amide bonds. The summed E-state index contributed by atoms with van der Waals surface area (Å²) in [6.45, 7) is 9.24. The fourth-order valence-corrected chi connectivity index (χ4v) is 2.84. The predicted octanol–water partition coefficient (Wildman–Crippen LogP) is 2.24. The SMILES string of the molecule is CC(C)[C@H](NC(=O)C1CCCC(OCC=O)C1)C(=O)OC(C)(C)C. The zero-order valence-corrected chi connectivity index (χ0v) is 15.5. The van der Waals surface area contributed by atoms with Crippen molar-refractivity contribution < 1.29 is 23.9 Å². The van der Waals surface area contributed by atoms with Crippen LogP contribution in [-0.4, -0.2) is 42.5 Å². The molecule has 1 N–H and O–H groups in total. The molecule has 1 aliphatic carbocycles. The standard InChI is InChI=1S/C18H31NO5/c1-12(2)15(17(22)24-18(3,4)5)19-16(21)13-7-6-8-14(11-13)23-10-9-20/h9,12-15H,6-8,10-11H2,1-5H3,(H,19,21)/t13?,14?,15-/m0/s1. The first-order valence-corrected chi connectivity index (χ1v) is 8.72. The summed E-state index contributed by atoms with van der Waals surface area (Å²) in [5.41, 5.74) is -0.590. The number of carbonyl (C=O) groups is 3. The molecular formula is C18H31NO5. The Bertz CT molecular complexity index is 441. The molecule has 0 aromatic rings. The van der Waals surface area contributed by atoms with Crippen molar-refractivity contribution in [1.82, 2.24) is 5.32 Å². The van der Waals surface area contributed by atoms with Gasteiger partial charge in [0.15, 0.2) is 0 Å². The molecule has 0 aromatic heterocycles. The second kappa shape index (κ2) is 9.16. The van der Waals surface area contributed by atoms with Crippen molar-refractivity contribution >= 4 is 18.2 Å². The van der Waals surface area contributed by atoms with Crippen molar-refractivity contribution in [3.8, 4) is 0 Å². The van der Waals surface area contributed by atoms with E-state index in [1.54, 1.807) is 20.8 Å². The van der Waals surface area contributed by atoms with Gasteiger partial charge >= 0.3 is 5.97 Å². The van der Waals surface area contributed by atoms with E-state index in [0.717, 1.165) is 25.5 Å². The van der Waals surface area contributed by atoms with Crippen LogP contribution in [0.1, 0.15) is 60.3 Å². The Morgan fingerprint density at radius 1 is 1.25 bits per heavy atom. The highest BCUT2D eigenvalue weighted by Gasteiger charge is 2.33. The fraction of sp³-hybridized carbons (Fsp3) is 0.833. The molecule has 0 radical (unpaired) electrons. The predicted molar refractivity (Wildman–Crippen MR) is 90.4 cm³/mol. The van der Waals surface area contributed by atoms with Crippen LogP contribution in [-0.2, 0) is 23.9 Å². The zero-order chi connectivity index (χ0) is 18.3. The summed E-state index contributed by atoms with van der Waals surface area (Å²) >= 11 is 0. The van der Waals surface area contributed by atoms with Crippen molar-refractivity contribution in [3.05, 3.63) is 0 Å². The van der Waals surface area contributed by atoms with E-state index < -0.39 is 17.6 Å². The van der Waals surface area contributed by atoms with Crippen molar-refractivity contribution in [2.45, 2.75) is 78.0 Å². The van der Waals surface area contributed by atoms with E-state index in [1.807, 2.05) is 13.8 Å². The molecule has 0 saturated heterocycles. The molecule has 1 fully saturated rings. The zero-order valence-electron chi connectivity index (χ0n) is 15.5. The van der Waals surface area contributed by atoms with Crippen molar-refractivity contribution in [3.63, 3.8) is 0 Å². The summed E-state index contributed by atoms with van der Waals surface area (Å²) < 4.78 is 10.8. The summed E-state index contributed by atoms with van der Waals surface area (Å²) in [4.78, 5) is 35.3. The van der Waals surface area contributed by atoms with E-state index >= 15 is 0 Å². The maximum Gasteiger partial charge on any atom is 0.329 e. The van der Waals surface area contributed by atoms with Crippen LogP contribution in [0.4, 0.5) is 0 Å². The topological polar surface area (TPSA) is 81.7 Å². The maximum absolute atomic E-state index is 12.6. The van der Waals surface area contributed by atoms with E-state index in [9.17, 15) is 14.4 Å². The molecule has 0 heterocycles. The van der Waals surface area contributed by atoms with Crippen LogP contribution in [0, 0.1) is 11.8 Å². The summed E-state index contributed by atoms with van der Waals surface area (Å²) in [7, 11) is 0. The smallest absolute Gasteiger partial charge is 0.329 e. The Hall–Kier alpha value is -1.43. The normalized spacial score (nSPS) is 22.8. The summed E-state index contributed by atoms with van der Waals surface area (Å²) in [6, 6.07) is -0.659. The van der Waals surface area contributed by atoms with Crippen LogP contribution in [0.5, 0.6) is 0 Å². The van der Waals surface area contributed by atoms with Gasteiger partial charge in [0.05, 0.1) is 6.10 Å². The minimum Gasteiger partial charge on any atom is -0.458 e. The molecule has 2 unspecified atom stereocenters. The van der Waals surface area contributed by atoms with Gasteiger partial charge in [-0.25, -0.2) is 4.79 Å². The molecule has 0 bridgehead atoms. The number of ether oxygens (including phenoxy) is 2. The van der Waals surface area contributed by atoms with Gasteiger partial charge in [0.25, 0.3) is 0 Å². The number of rotatable bonds is 7. The first kappa shape index (κ1) is 20.6. The lowest BCUT2D eigenvalue weighted by molar-refractivity contribution is -0.160. The summed E-state index contributed by atoms with van der Waals surface area (Å²) in [6.07, 6.45) is 3.74. The number of carbonyl (C=O) groups excluding carboxylic acids is 3. The number of hydrogen-bond donors (Lipinski definition) is 1. The molecule has 1 saturated carbocycles. The van der Waals surface area contributed by atoms with Crippen molar-refractivity contribution in [1.29, 1.82) is 0 Å². The summed E-state index contributed by atoms with van der Waals surface area (Å²) in [5.74, 6) is -0.803. The largest absolute Gasteiger partial charge is 0.458 e. The van der Waals surface area contributed by atoms with Crippen LogP contribution in [0.15, 0.2) is 0 Å². The molecule has 0 aromatic carbocycles. The maximum atomic E-state index is 12.6. The van der Waals surface area contributed by atoms with Crippen LogP contribution >= 0.6 is 0 Å². The Morgan fingerprint density at radius 3 is 2.46 bits per heavy atom. The molecule has 6 nitrogen and oxygen atoms in total. The lowest BCUT2D eigenvalue weighted by atomic mass is 9.86. The first-order chi connectivity index (χ1) is 11.1. The van der Waals surface area contributed by atoms with Gasteiger partial charge in [0, 0.05) is 5.92 Å². The molecule has 0 aliphatic heterocycles. The van der Waals surface area contributed by atoms with Crippen LogP contribution in [0.2, 0.25) is 0 Å². The van der Waals surface area contributed by atoms with E-state index in [-0.39, 0.29) is 30.5 Å². The summed E-state index contributed by atoms with van der Waals surface area (Å²) in [5, 5.41) is 2.85. The van der Waals surface area contributed by atoms with Crippen LogP contribution < -0.4 is 5.32 Å². The van der Waals surface area contributed by atoms with Crippen molar-refractivity contribution in [2.75, 3.05) is 6.61 Å². The van der Waals surface area contributed by atoms with Gasteiger partial charge in [-0.3, -0.25) is 4.79 Å². The highest BCUT2D eigenvalue weighted by atomic mass is 16.6. The Balaban J connectivity index is 2.64. The minimum atomic E-state index is -0.659. The third-order valence-corrected chi connectivity index (χ3v) is 4.02. The lowest BCUT2D eigenvalue weighted by Crippen LogP contribution is -2.49. The average Bonchev–Trinajstić information content (AvgIpc) is 2.48. The van der Waals surface area contributed by atoms with Gasteiger partial charge in [0.2, 0.25) is 5.91 Å². The van der Waals surface area contributed by atoms with E-state index in [2.05, 4.69) is 5.32 Å².